The van der Waals surface area contributed by atoms with Gasteiger partial charge < -0.3 is 10.8 Å². The Morgan fingerprint density at radius 1 is 1.25 bits per heavy atom. The molecule has 0 heterocycles. The molecule has 1 aromatic rings. The number of benzene rings is 1. The van der Waals surface area contributed by atoms with Crippen molar-refractivity contribution in [1.82, 2.24) is 0 Å². The fourth-order valence-electron chi connectivity index (χ4n) is 4.46. The van der Waals surface area contributed by atoms with Crippen LogP contribution in [0.4, 0.5) is 0 Å². The SMILES string of the molecule is CCC/C=C/C[C@H]1CCc2cc([C@H]3CC[C@](N)(CO)C3)ccc2C1. The van der Waals surface area contributed by atoms with E-state index in [4.69, 9.17) is 5.73 Å². The Balaban J connectivity index is 1.62. The second-order valence-electron chi connectivity index (χ2n) is 8.09. The molecule has 2 nitrogen and oxygen atoms in total. The molecule has 1 aromatic carbocycles. The van der Waals surface area contributed by atoms with Crippen molar-refractivity contribution < 1.29 is 5.11 Å². The molecule has 0 aromatic heterocycles. The monoisotopic (exact) mass is 327 g/mol. The number of hydrogen-bond donors (Lipinski definition) is 2. The number of unbranched alkanes of at least 4 members (excludes halogenated alkanes) is 1. The lowest BCUT2D eigenvalue weighted by Gasteiger charge is -2.25. The van der Waals surface area contributed by atoms with Gasteiger partial charge in [0.25, 0.3) is 0 Å². The lowest BCUT2D eigenvalue weighted by Crippen LogP contribution is -2.40. The third kappa shape index (κ3) is 4.10. The number of aryl methyl sites for hydroxylation is 1. The van der Waals surface area contributed by atoms with E-state index in [-0.39, 0.29) is 12.1 Å². The minimum absolute atomic E-state index is 0.113. The molecule has 1 saturated carbocycles. The molecular formula is C22H33NO. The molecule has 3 N–H and O–H groups in total. The highest BCUT2D eigenvalue weighted by atomic mass is 16.3. The summed E-state index contributed by atoms with van der Waals surface area (Å²) in [5, 5.41) is 9.49. The molecule has 3 atom stereocenters. The van der Waals surface area contributed by atoms with Crippen molar-refractivity contribution in [2.75, 3.05) is 6.61 Å². The lowest BCUT2D eigenvalue weighted by atomic mass is 9.80. The number of aliphatic hydroxyl groups excluding tert-OH is 1. The van der Waals surface area contributed by atoms with Crippen LogP contribution in [-0.2, 0) is 12.8 Å². The van der Waals surface area contributed by atoms with Gasteiger partial charge in [0.05, 0.1) is 6.61 Å². The van der Waals surface area contributed by atoms with Gasteiger partial charge in [0, 0.05) is 5.54 Å². The van der Waals surface area contributed by atoms with Crippen LogP contribution >= 0.6 is 0 Å². The maximum Gasteiger partial charge on any atom is 0.0611 e. The van der Waals surface area contributed by atoms with E-state index in [9.17, 15) is 5.11 Å². The summed E-state index contributed by atoms with van der Waals surface area (Å²) in [7, 11) is 0. The Bertz CT molecular complexity index is 579. The minimum Gasteiger partial charge on any atom is -0.394 e. The maximum absolute atomic E-state index is 9.49. The minimum atomic E-state index is -0.351. The Kier molecular flexibility index (Phi) is 5.78. The largest absolute Gasteiger partial charge is 0.394 e. The summed E-state index contributed by atoms with van der Waals surface area (Å²) < 4.78 is 0. The van der Waals surface area contributed by atoms with Crippen LogP contribution in [0.5, 0.6) is 0 Å². The predicted molar refractivity (Wildman–Crippen MR) is 101 cm³/mol. The Hall–Kier alpha value is -1.12. The number of nitrogens with two attached hydrogens (primary N) is 1. The van der Waals surface area contributed by atoms with Crippen LogP contribution in [0.25, 0.3) is 0 Å². The van der Waals surface area contributed by atoms with Gasteiger partial charge in [0.15, 0.2) is 0 Å². The summed E-state index contributed by atoms with van der Waals surface area (Å²) in [6.07, 6.45) is 15.2. The molecule has 1 fully saturated rings. The zero-order chi connectivity index (χ0) is 17.0. The molecule has 2 aliphatic rings. The van der Waals surface area contributed by atoms with E-state index in [0.717, 1.165) is 25.2 Å². The number of aliphatic hydroxyl groups is 1. The summed E-state index contributed by atoms with van der Waals surface area (Å²) in [5.41, 5.74) is 10.5. The first-order valence-electron chi connectivity index (χ1n) is 9.80. The molecule has 2 aliphatic carbocycles. The molecule has 0 radical (unpaired) electrons. The van der Waals surface area contributed by atoms with Gasteiger partial charge in [0.1, 0.15) is 0 Å². The van der Waals surface area contributed by atoms with E-state index in [1.165, 1.54) is 44.1 Å². The molecule has 0 aliphatic heterocycles. The molecule has 24 heavy (non-hydrogen) atoms. The van der Waals surface area contributed by atoms with Crippen molar-refractivity contribution in [2.45, 2.75) is 76.2 Å². The third-order valence-corrected chi connectivity index (χ3v) is 6.08. The lowest BCUT2D eigenvalue weighted by molar-refractivity contribution is 0.198. The molecule has 0 unspecified atom stereocenters. The highest BCUT2D eigenvalue weighted by Crippen LogP contribution is 2.40. The van der Waals surface area contributed by atoms with Gasteiger partial charge in [-0.2, -0.15) is 0 Å². The Morgan fingerprint density at radius 2 is 2.12 bits per heavy atom. The van der Waals surface area contributed by atoms with Gasteiger partial charge in [0.2, 0.25) is 0 Å². The average Bonchev–Trinajstić information content (AvgIpc) is 3.01. The highest BCUT2D eigenvalue weighted by Gasteiger charge is 2.36. The van der Waals surface area contributed by atoms with Crippen molar-refractivity contribution in [3.8, 4) is 0 Å². The molecule has 0 bridgehead atoms. The van der Waals surface area contributed by atoms with Crippen molar-refractivity contribution in [2.24, 2.45) is 11.7 Å². The topological polar surface area (TPSA) is 46.2 Å². The summed E-state index contributed by atoms with van der Waals surface area (Å²) in [4.78, 5) is 0. The molecule has 3 rings (SSSR count). The van der Waals surface area contributed by atoms with E-state index in [1.807, 2.05) is 0 Å². The van der Waals surface area contributed by atoms with Gasteiger partial charge in [-0.3, -0.25) is 0 Å². The van der Waals surface area contributed by atoms with E-state index >= 15 is 0 Å². The van der Waals surface area contributed by atoms with Crippen molar-refractivity contribution >= 4 is 0 Å². The predicted octanol–water partition coefficient (Wildman–Crippen LogP) is 4.50. The first kappa shape index (κ1) is 17.7. The summed E-state index contributed by atoms with van der Waals surface area (Å²) >= 11 is 0. The number of rotatable bonds is 6. The zero-order valence-electron chi connectivity index (χ0n) is 15.1. The van der Waals surface area contributed by atoms with Crippen LogP contribution < -0.4 is 5.73 Å². The van der Waals surface area contributed by atoms with Crippen LogP contribution in [0.15, 0.2) is 30.4 Å². The van der Waals surface area contributed by atoms with Gasteiger partial charge in [-0.15, -0.1) is 0 Å². The van der Waals surface area contributed by atoms with Crippen molar-refractivity contribution in [1.29, 1.82) is 0 Å². The summed E-state index contributed by atoms with van der Waals surface area (Å²) in [6.45, 7) is 2.35. The first-order valence-corrected chi connectivity index (χ1v) is 9.80. The quantitative estimate of drug-likeness (QED) is 0.756. The normalized spacial score (nSPS) is 30.0. The molecule has 2 heteroatoms. The highest BCUT2D eigenvalue weighted by molar-refractivity contribution is 5.36. The smallest absolute Gasteiger partial charge is 0.0611 e. The van der Waals surface area contributed by atoms with E-state index in [2.05, 4.69) is 37.3 Å². The van der Waals surface area contributed by atoms with E-state index in [0.29, 0.717) is 5.92 Å². The Labute approximate surface area is 147 Å². The van der Waals surface area contributed by atoms with Crippen molar-refractivity contribution in [3.63, 3.8) is 0 Å². The second-order valence-corrected chi connectivity index (χ2v) is 8.09. The molecule has 0 spiro atoms. The molecule has 132 valence electrons. The van der Waals surface area contributed by atoms with Crippen LogP contribution in [-0.4, -0.2) is 17.3 Å². The maximum atomic E-state index is 9.49. The van der Waals surface area contributed by atoms with Gasteiger partial charge in [-0.05, 0) is 79.9 Å². The second kappa shape index (κ2) is 7.84. The Morgan fingerprint density at radius 3 is 2.88 bits per heavy atom. The first-order chi connectivity index (χ1) is 11.6. The fourth-order valence-corrected chi connectivity index (χ4v) is 4.46. The average molecular weight is 328 g/mol. The summed E-state index contributed by atoms with van der Waals surface area (Å²) in [6, 6.07) is 7.12. The zero-order valence-corrected chi connectivity index (χ0v) is 15.1. The summed E-state index contributed by atoms with van der Waals surface area (Å²) in [5.74, 6) is 1.34. The van der Waals surface area contributed by atoms with E-state index in [1.54, 1.807) is 11.1 Å². The van der Waals surface area contributed by atoms with Crippen LogP contribution in [0.3, 0.4) is 0 Å². The van der Waals surface area contributed by atoms with Crippen LogP contribution in [0, 0.1) is 5.92 Å². The molecular weight excluding hydrogens is 294 g/mol. The molecule has 0 amide bonds. The van der Waals surface area contributed by atoms with E-state index < -0.39 is 0 Å². The number of hydrogen-bond acceptors (Lipinski definition) is 2. The number of fused-ring (bicyclic) bond motifs is 1. The van der Waals surface area contributed by atoms with Crippen LogP contribution in [0.1, 0.15) is 74.5 Å². The third-order valence-electron chi connectivity index (χ3n) is 6.08. The van der Waals surface area contributed by atoms with Crippen molar-refractivity contribution in [3.05, 3.63) is 47.0 Å². The number of allylic oxidation sites excluding steroid dienone is 2. The van der Waals surface area contributed by atoms with Gasteiger partial charge in [-0.1, -0.05) is 43.7 Å². The van der Waals surface area contributed by atoms with Gasteiger partial charge in [-0.25, -0.2) is 0 Å². The van der Waals surface area contributed by atoms with Crippen LogP contribution in [0.2, 0.25) is 0 Å². The van der Waals surface area contributed by atoms with Gasteiger partial charge >= 0.3 is 0 Å². The standard InChI is InChI=1S/C22H33NO/c1-2-3-4-5-6-17-7-8-19-14-20(10-9-18(19)13-17)21-11-12-22(23,15-21)16-24/h4-5,9-10,14,17,21,24H,2-3,6-8,11-13,15-16,23H2,1H3/b5-4+/t17-,21-,22+/m0/s1. The fraction of sp³-hybridized carbons (Fsp3) is 0.636. The molecule has 0 saturated heterocycles.